The standard InChI is InChI=1S/C29H28N4O2S/c1-19-11-12-20(2)23(18-19)31-26(34)15-17-33-28(27(32-29(33)36)22-10-6-7-16-30-22)25-14-13-24(35-25)21-8-4-3-5-9-21/h3-14,16,18,27-28H,15,17H2,1-2H3,(H,31,34)(H,32,36)/t27-,28+/m1/s1. The molecule has 0 radical (unpaired) electrons. The molecule has 0 unspecified atom stereocenters. The first-order valence-corrected chi connectivity index (χ1v) is 12.4. The van der Waals surface area contributed by atoms with Crippen LogP contribution in [0.15, 0.2) is 89.5 Å². The minimum atomic E-state index is -0.238. The molecule has 0 aliphatic carbocycles. The van der Waals surface area contributed by atoms with Gasteiger partial charge in [0.2, 0.25) is 5.91 Å². The largest absolute Gasteiger partial charge is 0.459 e. The lowest BCUT2D eigenvalue weighted by Crippen LogP contribution is -2.32. The molecule has 5 rings (SSSR count). The smallest absolute Gasteiger partial charge is 0.226 e. The lowest BCUT2D eigenvalue weighted by molar-refractivity contribution is -0.116. The van der Waals surface area contributed by atoms with Crippen molar-refractivity contribution >= 4 is 28.9 Å². The number of carbonyl (C=O) groups excluding carboxylic acids is 1. The van der Waals surface area contributed by atoms with Crippen LogP contribution in [-0.4, -0.2) is 27.4 Å². The van der Waals surface area contributed by atoms with E-state index in [1.807, 2.05) is 97.6 Å². The van der Waals surface area contributed by atoms with E-state index in [1.54, 1.807) is 6.20 Å². The third-order valence-corrected chi connectivity index (χ3v) is 6.77. The summed E-state index contributed by atoms with van der Waals surface area (Å²) in [5, 5.41) is 7.04. The Kier molecular flexibility index (Phi) is 6.82. The summed E-state index contributed by atoms with van der Waals surface area (Å²) in [6.45, 7) is 4.44. The van der Waals surface area contributed by atoms with Gasteiger partial charge < -0.3 is 20.0 Å². The number of hydrogen-bond acceptors (Lipinski definition) is 4. The second-order valence-corrected chi connectivity index (χ2v) is 9.39. The fourth-order valence-electron chi connectivity index (χ4n) is 4.53. The normalized spacial score (nSPS) is 17.2. The highest BCUT2D eigenvalue weighted by atomic mass is 32.1. The number of nitrogens with zero attached hydrogens (tertiary/aromatic N) is 2. The Bertz CT molecular complexity index is 1370. The SMILES string of the molecule is Cc1ccc(C)c(NC(=O)CCN2C(=S)N[C@H](c3ccccn3)[C@@H]2c2ccc(-c3ccccc3)o2)c1. The van der Waals surface area contributed by atoms with Gasteiger partial charge in [-0.15, -0.1) is 0 Å². The third kappa shape index (κ3) is 5.02. The van der Waals surface area contributed by atoms with E-state index in [0.29, 0.717) is 11.7 Å². The zero-order valence-corrected chi connectivity index (χ0v) is 21.1. The number of anilines is 1. The maximum Gasteiger partial charge on any atom is 0.226 e. The van der Waals surface area contributed by atoms with Crippen molar-refractivity contribution < 1.29 is 9.21 Å². The van der Waals surface area contributed by atoms with Crippen molar-refractivity contribution in [3.8, 4) is 11.3 Å². The van der Waals surface area contributed by atoms with E-state index in [4.69, 9.17) is 16.6 Å². The lowest BCUT2D eigenvalue weighted by Gasteiger charge is -2.26. The Balaban J connectivity index is 1.39. The van der Waals surface area contributed by atoms with Crippen molar-refractivity contribution in [1.29, 1.82) is 0 Å². The van der Waals surface area contributed by atoms with E-state index in [9.17, 15) is 4.79 Å². The molecule has 2 aromatic carbocycles. The predicted molar refractivity (Wildman–Crippen MR) is 145 cm³/mol. The Labute approximate surface area is 216 Å². The predicted octanol–water partition coefficient (Wildman–Crippen LogP) is 5.96. The van der Waals surface area contributed by atoms with Gasteiger partial charge in [-0.05, 0) is 67.5 Å². The van der Waals surface area contributed by atoms with Crippen LogP contribution in [0.3, 0.4) is 0 Å². The summed E-state index contributed by atoms with van der Waals surface area (Å²) in [5.41, 5.74) is 4.84. The van der Waals surface area contributed by atoms with E-state index in [1.165, 1.54) is 0 Å². The Morgan fingerprint density at radius 1 is 1.06 bits per heavy atom. The van der Waals surface area contributed by atoms with Crippen LogP contribution in [0.4, 0.5) is 5.69 Å². The molecule has 1 saturated heterocycles. The quantitative estimate of drug-likeness (QED) is 0.308. The molecule has 1 fully saturated rings. The van der Waals surface area contributed by atoms with Gasteiger partial charge in [0.15, 0.2) is 5.11 Å². The van der Waals surface area contributed by atoms with Crippen molar-refractivity contribution in [2.75, 3.05) is 11.9 Å². The second-order valence-electron chi connectivity index (χ2n) is 9.00. The molecule has 7 heteroatoms. The second kappa shape index (κ2) is 10.3. The van der Waals surface area contributed by atoms with Gasteiger partial charge in [0, 0.05) is 30.4 Å². The first-order chi connectivity index (χ1) is 17.5. The minimum absolute atomic E-state index is 0.0593. The molecule has 182 valence electrons. The number of carbonyl (C=O) groups is 1. The van der Waals surface area contributed by atoms with Gasteiger partial charge in [0.25, 0.3) is 0 Å². The minimum Gasteiger partial charge on any atom is -0.459 e. The first-order valence-electron chi connectivity index (χ1n) is 12.0. The van der Waals surface area contributed by atoms with Crippen LogP contribution < -0.4 is 10.6 Å². The van der Waals surface area contributed by atoms with Gasteiger partial charge in [-0.1, -0.05) is 48.5 Å². The first kappa shape index (κ1) is 23.8. The highest BCUT2D eigenvalue weighted by Crippen LogP contribution is 2.40. The summed E-state index contributed by atoms with van der Waals surface area (Å²) < 4.78 is 6.35. The number of thiocarbonyl (C=S) groups is 1. The molecule has 1 aliphatic heterocycles. The average molecular weight is 497 g/mol. The maximum absolute atomic E-state index is 12.9. The van der Waals surface area contributed by atoms with Crippen LogP contribution in [0.1, 0.15) is 41.1 Å². The molecule has 0 saturated carbocycles. The molecular formula is C29H28N4O2S. The number of rotatable bonds is 7. The Morgan fingerprint density at radius 2 is 1.86 bits per heavy atom. The van der Waals surface area contributed by atoms with Gasteiger partial charge in [-0.2, -0.15) is 0 Å². The van der Waals surface area contributed by atoms with Crippen LogP contribution in [0.5, 0.6) is 0 Å². The maximum atomic E-state index is 12.9. The van der Waals surface area contributed by atoms with Crippen LogP contribution in [0, 0.1) is 13.8 Å². The number of nitrogens with one attached hydrogen (secondary N) is 2. The fraction of sp³-hybridized carbons (Fsp3) is 0.207. The molecular weight excluding hydrogens is 468 g/mol. The number of benzene rings is 2. The highest BCUT2D eigenvalue weighted by molar-refractivity contribution is 7.80. The van der Waals surface area contributed by atoms with Gasteiger partial charge in [0.05, 0.1) is 11.7 Å². The Hall–Kier alpha value is -3.97. The molecule has 0 bridgehead atoms. The van der Waals surface area contributed by atoms with Crippen molar-refractivity contribution in [3.05, 3.63) is 108 Å². The van der Waals surface area contributed by atoms with Crippen LogP contribution in [0.25, 0.3) is 11.3 Å². The molecule has 1 aliphatic rings. The molecule has 36 heavy (non-hydrogen) atoms. The van der Waals surface area contributed by atoms with E-state index >= 15 is 0 Å². The van der Waals surface area contributed by atoms with Gasteiger partial charge in [-0.3, -0.25) is 9.78 Å². The molecule has 4 aromatic rings. The number of hydrogen-bond donors (Lipinski definition) is 2. The monoisotopic (exact) mass is 496 g/mol. The molecule has 3 heterocycles. The summed E-state index contributed by atoms with van der Waals surface area (Å²) in [7, 11) is 0. The third-order valence-electron chi connectivity index (χ3n) is 6.42. The molecule has 1 amide bonds. The van der Waals surface area contributed by atoms with E-state index < -0.39 is 0 Å². The van der Waals surface area contributed by atoms with Gasteiger partial charge in [0.1, 0.15) is 17.6 Å². The summed E-state index contributed by atoms with van der Waals surface area (Å²) in [5.74, 6) is 1.50. The van der Waals surface area contributed by atoms with E-state index in [2.05, 4.69) is 15.6 Å². The lowest BCUT2D eigenvalue weighted by atomic mass is 10.0. The molecule has 2 N–H and O–H groups in total. The summed E-state index contributed by atoms with van der Waals surface area (Å²) >= 11 is 5.73. The number of pyridine rings is 1. The van der Waals surface area contributed by atoms with Crippen LogP contribution in [0.2, 0.25) is 0 Å². The average Bonchev–Trinajstić information content (AvgIpc) is 3.50. The summed E-state index contributed by atoms with van der Waals surface area (Å²) in [4.78, 5) is 19.5. The number of aromatic nitrogens is 1. The van der Waals surface area contributed by atoms with Crippen LogP contribution in [-0.2, 0) is 4.79 Å². The highest BCUT2D eigenvalue weighted by Gasteiger charge is 2.41. The molecule has 0 spiro atoms. The van der Waals surface area contributed by atoms with Crippen molar-refractivity contribution in [1.82, 2.24) is 15.2 Å². The zero-order chi connectivity index (χ0) is 25.1. The topological polar surface area (TPSA) is 70.4 Å². The fourth-order valence-corrected chi connectivity index (χ4v) is 4.86. The number of furan rings is 1. The molecule has 6 nitrogen and oxygen atoms in total. The van der Waals surface area contributed by atoms with Crippen LogP contribution >= 0.6 is 12.2 Å². The van der Waals surface area contributed by atoms with Crippen molar-refractivity contribution in [3.63, 3.8) is 0 Å². The van der Waals surface area contributed by atoms with Gasteiger partial charge >= 0.3 is 0 Å². The number of amides is 1. The van der Waals surface area contributed by atoms with Crippen molar-refractivity contribution in [2.24, 2.45) is 0 Å². The van der Waals surface area contributed by atoms with E-state index in [0.717, 1.165) is 39.6 Å². The summed E-state index contributed by atoms with van der Waals surface area (Å²) in [6.07, 6.45) is 2.06. The summed E-state index contributed by atoms with van der Waals surface area (Å²) in [6, 6.07) is 25.4. The van der Waals surface area contributed by atoms with E-state index in [-0.39, 0.29) is 24.4 Å². The Morgan fingerprint density at radius 3 is 2.64 bits per heavy atom. The number of aryl methyl sites for hydroxylation is 2. The molecule has 2 atom stereocenters. The van der Waals surface area contributed by atoms with Crippen molar-refractivity contribution in [2.45, 2.75) is 32.4 Å². The molecule has 2 aromatic heterocycles. The zero-order valence-electron chi connectivity index (χ0n) is 20.3. The van der Waals surface area contributed by atoms with Gasteiger partial charge in [-0.25, -0.2) is 0 Å².